The molecule has 0 saturated heterocycles. The molecule has 0 aromatic carbocycles. The monoisotopic (exact) mass is 214 g/mol. The van der Waals surface area contributed by atoms with Gasteiger partial charge in [-0.1, -0.05) is 18.5 Å². The second-order valence-corrected chi connectivity index (χ2v) is 3.27. The van der Waals surface area contributed by atoms with Crippen molar-refractivity contribution in [1.82, 2.24) is 4.98 Å². The molecule has 1 unspecified atom stereocenters. The third kappa shape index (κ3) is 2.14. The van der Waals surface area contributed by atoms with Crippen molar-refractivity contribution in [3.8, 4) is 0 Å². The van der Waals surface area contributed by atoms with Crippen LogP contribution in [0.3, 0.4) is 0 Å². The molecule has 0 aliphatic heterocycles. The summed E-state index contributed by atoms with van der Waals surface area (Å²) in [4.78, 5) is 14.7. The Morgan fingerprint density at radius 1 is 1.71 bits per heavy atom. The maximum absolute atomic E-state index is 10.8. The summed E-state index contributed by atoms with van der Waals surface area (Å²) in [7, 11) is 0. The van der Waals surface area contributed by atoms with E-state index < -0.39 is 11.9 Å². The summed E-state index contributed by atoms with van der Waals surface area (Å²) in [6.07, 6.45) is 0.475. The molecule has 0 aliphatic carbocycles. The molecule has 14 heavy (non-hydrogen) atoms. The average Bonchev–Trinajstić information content (AvgIpc) is 2.11. The molecule has 1 atom stereocenters. The molecular formula is C9H11ClN2O2. The van der Waals surface area contributed by atoms with Gasteiger partial charge in [0, 0.05) is 0 Å². The lowest BCUT2D eigenvalue weighted by atomic mass is 10.0. The Bertz CT molecular complexity index is 355. The highest BCUT2D eigenvalue weighted by Gasteiger charge is 2.19. The smallest absolute Gasteiger partial charge is 0.312 e. The van der Waals surface area contributed by atoms with Crippen molar-refractivity contribution < 1.29 is 9.90 Å². The Labute approximate surface area is 86.7 Å². The molecule has 76 valence electrons. The van der Waals surface area contributed by atoms with E-state index in [1.807, 2.05) is 0 Å². The fourth-order valence-electron chi connectivity index (χ4n) is 1.16. The summed E-state index contributed by atoms with van der Waals surface area (Å²) in [6, 6.07) is 3.15. The van der Waals surface area contributed by atoms with E-state index in [1.165, 1.54) is 0 Å². The van der Waals surface area contributed by atoms with Crippen LogP contribution in [-0.2, 0) is 4.79 Å². The maximum atomic E-state index is 10.8. The number of carboxylic acid groups (broad SMARTS) is 1. The van der Waals surface area contributed by atoms with Crippen molar-refractivity contribution in [2.45, 2.75) is 19.3 Å². The normalized spacial score (nSPS) is 12.4. The number of hydrogen-bond donors (Lipinski definition) is 2. The van der Waals surface area contributed by atoms with Gasteiger partial charge >= 0.3 is 5.97 Å². The minimum Gasteiger partial charge on any atom is -0.481 e. The van der Waals surface area contributed by atoms with Crippen LogP contribution in [0.5, 0.6) is 0 Å². The molecule has 1 rings (SSSR count). The van der Waals surface area contributed by atoms with Crippen LogP contribution in [0.4, 0.5) is 5.69 Å². The van der Waals surface area contributed by atoms with Gasteiger partial charge in [-0.25, -0.2) is 4.98 Å². The minimum absolute atomic E-state index is 0.155. The van der Waals surface area contributed by atoms with Gasteiger partial charge in [-0.15, -0.1) is 0 Å². The Kier molecular flexibility index (Phi) is 3.30. The highest BCUT2D eigenvalue weighted by molar-refractivity contribution is 6.31. The summed E-state index contributed by atoms with van der Waals surface area (Å²) >= 11 is 5.69. The van der Waals surface area contributed by atoms with Gasteiger partial charge in [0.25, 0.3) is 0 Å². The van der Waals surface area contributed by atoms with Crippen molar-refractivity contribution in [1.29, 1.82) is 0 Å². The lowest BCUT2D eigenvalue weighted by Crippen LogP contribution is -2.12. The second kappa shape index (κ2) is 4.28. The SMILES string of the molecule is CCC(C(=O)O)c1ccc(N)c(Cl)n1. The molecule has 0 spiro atoms. The van der Waals surface area contributed by atoms with Crippen LogP contribution < -0.4 is 5.73 Å². The van der Waals surface area contributed by atoms with Crippen molar-refractivity contribution in [3.05, 3.63) is 23.0 Å². The number of rotatable bonds is 3. The number of hydrogen-bond acceptors (Lipinski definition) is 3. The predicted octanol–water partition coefficient (Wildman–Crippen LogP) is 1.90. The zero-order valence-electron chi connectivity index (χ0n) is 7.70. The van der Waals surface area contributed by atoms with Crippen LogP contribution in [0.25, 0.3) is 0 Å². The van der Waals surface area contributed by atoms with Crippen LogP contribution in [-0.4, -0.2) is 16.1 Å². The van der Waals surface area contributed by atoms with E-state index in [4.69, 9.17) is 22.4 Å². The molecule has 1 heterocycles. The van der Waals surface area contributed by atoms with Crippen molar-refractivity contribution in [2.75, 3.05) is 5.73 Å². The Morgan fingerprint density at radius 3 is 2.79 bits per heavy atom. The summed E-state index contributed by atoms with van der Waals surface area (Å²) in [5.74, 6) is -1.52. The van der Waals surface area contributed by atoms with Crippen molar-refractivity contribution >= 4 is 23.3 Å². The average molecular weight is 215 g/mol. The van der Waals surface area contributed by atoms with E-state index in [1.54, 1.807) is 19.1 Å². The number of nitrogens with two attached hydrogens (primary N) is 1. The second-order valence-electron chi connectivity index (χ2n) is 2.92. The van der Waals surface area contributed by atoms with Crippen LogP contribution in [0.1, 0.15) is 25.0 Å². The zero-order valence-corrected chi connectivity index (χ0v) is 8.45. The van der Waals surface area contributed by atoms with Crippen LogP contribution >= 0.6 is 11.6 Å². The Hall–Kier alpha value is -1.29. The fraction of sp³-hybridized carbons (Fsp3) is 0.333. The minimum atomic E-state index is -0.902. The Balaban J connectivity index is 3.06. The largest absolute Gasteiger partial charge is 0.481 e. The van der Waals surface area contributed by atoms with E-state index in [0.717, 1.165) is 0 Å². The van der Waals surface area contributed by atoms with E-state index in [9.17, 15) is 4.79 Å². The molecule has 3 N–H and O–H groups in total. The molecule has 0 radical (unpaired) electrons. The summed E-state index contributed by atoms with van der Waals surface area (Å²) < 4.78 is 0. The third-order valence-electron chi connectivity index (χ3n) is 1.96. The number of halogens is 1. The number of carboxylic acids is 1. The fourth-order valence-corrected chi connectivity index (χ4v) is 1.32. The van der Waals surface area contributed by atoms with Gasteiger partial charge in [0.2, 0.25) is 0 Å². The standard InChI is InChI=1S/C9H11ClN2O2/c1-2-5(9(13)14)7-4-3-6(11)8(10)12-7/h3-5H,2,11H2,1H3,(H,13,14). The number of pyridine rings is 1. The number of anilines is 1. The van der Waals surface area contributed by atoms with Gasteiger partial charge in [-0.05, 0) is 18.6 Å². The predicted molar refractivity (Wildman–Crippen MR) is 54.3 cm³/mol. The van der Waals surface area contributed by atoms with Crippen LogP contribution in [0.2, 0.25) is 5.15 Å². The molecular weight excluding hydrogens is 204 g/mol. The van der Waals surface area contributed by atoms with Crippen LogP contribution in [0, 0.1) is 0 Å². The molecule has 0 amide bonds. The van der Waals surface area contributed by atoms with Gasteiger partial charge in [-0.2, -0.15) is 0 Å². The summed E-state index contributed by atoms with van der Waals surface area (Å²) in [5.41, 5.74) is 6.27. The lowest BCUT2D eigenvalue weighted by Gasteiger charge is -2.09. The number of aliphatic carboxylic acids is 1. The summed E-state index contributed by atoms with van der Waals surface area (Å²) in [5, 5.41) is 9.03. The molecule has 0 saturated carbocycles. The van der Waals surface area contributed by atoms with E-state index in [-0.39, 0.29) is 5.15 Å². The van der Waals surface area contributed by atoms with Gasteiger partial charge in [0.15, 0.2) is 5.15 Å². The molecule has 0 fully saturated rings. The first-order valence-electron chi connectivity index (χ1n) is 4.21. The first kappa shape index (κ1) is 10.8. The van der Waals surface area contributed by atoms with E-state index >= 15 is 0 Å². The maximum Gasteiger partial charge on any atom is 0.312 e. The van der Waals surface area contributed by atoms with E-state index in [0.29, 0.717) is 17.8 Å². The van der Waals surface area contributed by atoms with Gasteiger partial charge in [0.05, 0.1) is 17.3 Å². The van der Waals surface area contributed by atoms with Crippen molar-refractivity contribution in [2.24, 2.45) is 0 Å². The molecule has 4 nitrogen and oxygen atoms in total. The first-order chi connectivity index (χ1) is 6.56. The lowest BCUT2D eigenvalue weighted by molar-refractivity contribution is -0.138. The molecule has 1 aromatic heterocycles. The van der Waals surface area contributed by atoms with Gasteiger partial charge in [0.1, 0.15) is 0 Å². The number of nitrogens with zero attached hydrogens (tertiary/aromatic N) is 1. The third-order valence-corrected chi connectivity index (χ3v) is 2.27. The number of carbonyl (C=O) groups is 1. The van der Waals surface area contributed by atoms with Crippen LogP contribution in [0.15, 0.2) is 12.1 Å². The highest BCUT2D eigenvalue weighted by Crippen LogP contribution is 2.22. The topological polar surface area (TPSA) is 76.2 Å². The molecule has 5 heteroatoms. The highest BCUT2D eigenvalue weighted by atomic mass is 35.5. The van der Waals surface area contributed by atoms with Gasteiger partial charge < -0.3 is 10.8 Å². The molecule has 0 aliphatic rings. The van der Waals surface area contributed by atoms with E-state index in [2.05, 4.69) is 4.98 Å². The number of aromatic nitrogens is 1. The Morgan fingerprint density at radius 2 is 2.36 bits per heavy atom. The van der Waals surface area contributed by atoms with Crippen molar-refractivity contribution in [3.63, 3.8) is 0 Å². The number of nitrogen functional groups attached to an aromatic ring is 1. The van der Waals surface area contributed by atoms with Gasteiger partial charge in [-0.3, -0.25) is 4.79 Å². The first-order valence-corrected chi connectivity index (χ1v) is 4.58. The zero-order chi connectivity index (χ0) is 10.7. The summed E-state index contributed by atoms with van der Waals surface area (Å²) in [6.45, 7) is 1.78. The quantitative estimate of drug-likeness (QED) is 0.754. The molecule has 0 bridgehead atoms. The molecule has 1 aromatic rings.